The monoisotopic (exact) mass is 436 g/mol. The molecule has 0 saturated carbocycles. The van der Waals surface area contributed by atoms with Crippen LogP contribution in [0.1, 0.15) is 12.8 Å². The summed E-state index contributed by atoms with van der Waals surface area (Å²) in [6, 6.07) is 3.62. The molecular weight excluding hydrogens is 416 g/mol. The van der Waals surface area contributed by atoms with Gasteiger partial charge in [-0.15, -0.1) is 0 Å². The van der Waals surface area contributed by atoms with E-state index in [2.05, 4.69) is 0 Å². The van der Waals surface area contributed by atoms with Crippen LogP contribution in [-0.4, -0.2) is 77.1 Å². The summed E-state index contributed by atoms with van der Waals surface area (Å²) >= 11 is 6.03. The number of nitrogens with zero attached hydrogens (tertiary/aromatic N) is 2. The van der Waals surface area contributed by atoms with Crippen molar-refractivity contribution in [2.45, 2.75) is 28.7 Å². The first kappa shape index (κ1) is 20.5. The Bertz CT molecular complexity index is 934. The number of carbonyl (C=O) groups is 1. The zero-order valence-electron chi connectivity index (χ0n) is 14.8. The lowest BCUT2D eigenvalue weighted by atomic mass is 10.2. The van der Waals surface area contributed by atoms with E-state index < -0.39 is 26.0 Å². The molecule has 2 aliphatic rings. The van der Waals surface area contributed by atoms with Gasteiger partial charge in [0.05, 0.1) is 9.92 Å². The van der Waals surface area contributed by atoms with Gasteiger partial charge >= 0.3 is 0 Å². The van der Waals surface area contributed by atoms with E-state index in [1.807, 2.05) is 0 Å². The number of halogens is 1. The Labute approximate surface area is 164 Å². The number of benzene rings is 1. The number of rotatable bonds is 4. The molecule has 0 N–H and O–H groups in total. The molecule has 150 valence electrons. The quantitative estimate of drug-likeness (QED) is 0.690. The van der Waals surface area contributed by atoms with Crippen molar-refractivity contribution in [3.05, 3.63) is 23.2 Å². The van der Waals surface area contributed by atoms with Gasteiger partial charge in [0.1, 0.15) is 11.0 Å². The molecule has 8 nitrogen and oxygen atoms in total. The number of amides is 1. The molecule has 2 heterocycles. The van der Waals surface area contributed by atoms with Gasteiger partial charge in [-0.3, -0.25) is 4.79 Å². The maximum atomic E-state index is 12.9. The van der Waals surface area contributed by atoms with Crippen molar-refractivity contribution in [1.82, 2.24) is 9.21 Å². The van der Waals surface area contributed by atoms with Gasteiger partial charge in [0.25, 0.3) is 5.91 Å². The van der Waals surface area contributed by atoms with Crippen LogP contribution in [0.25, 0.3) is 0 Å². The number of sulfonamides is 1. The number of hydrogen-bond acceptors (Lipinski definition) is 6. The highest BCUT2D eigenvalue weighted by atomic mass is 35.5. The van der Waals surface area contributed by atoms with Crippen molar-refractivity contribution in [2.75, 3.05) is 39.0 Å². The molecule has 27 heavy (non-hydrogen) atoms. The van der Waals surface area contributed by atoms with Gasteiger partial charge in [-0.25, -0.2) is 16.8 Å². The fourth-order valence-corrected chi connectivity index (χ4v) is 5.82. The average Bonchev–Trinajstić information content (AvgIpc) is 3.15. The molecule has 2 aliphatic heterocycles. The van der Waals surface area contributed by atoms with Crippen LogP contribution in [-0.2, 0) is 29.4 Å². The Morgan fingerprint density at radius 3 is 2.37 bits per heavy atom. The Morgan fingerprint density at radius 2 is 1.81 bits per heavy atom. The number of ether oxygens (including phenoxy) is 1. The van der Waals surface area contributed by atoms with Crippen LogP contribution >= 0.6 is 11.6 Å². The first-order chi connectivity index (χ1) is 12.6. The lowest BCUT2D eigenvalue weighted by Crippen LogP contribution is -2.52. The van der Waals surface area contributed by atoms with Gasteiger partial charge in [-0.2, -0.15) is 4.31 Å². The zero-order valence-corrected chi connectivity index (χ0v) is 17.2. The summed E-state index contributed by atoms with van der Waals surface area (Å²) < 4.78 is 56.0. The SMILES string of the molecule is CS(=O)(=O)c1ccc(Cl)c(S(=O)(=O)N2CCN(C(=O)C3CCCO3)CC2)c1. The molecule has 1 aromatic rings. The number of sulfone groups is 1. The van der Waals surface area contributed by atoms with Crippen LogP contribution in [0.2, 0.25) is 5.02 Å². The molecule has 1 atom stereocenters. The summed E-state index contributed by atoms with van der Waals surface area (Å²) in [5, 5.41) is -0.0414. The summed E-state index contributed by atoms with van der Waals surface area (Å²) in [6.45, 7) is 1.29. The van der Waals surface area contributed by atoms with Crippen molar-refractivity contribution < 1.29 is 26.4 Å². The first-order valence-electron chi connectivity index (χ1n) is 8.51. The van der Waals surface area contributed by atoms with Crippen molar-refractivity contribution in [3.63, 3.8) is 0 Å². The molecule has 1 aromatic carbocycles. The Morgan fingerprint density at radius 1 is 1.15 bits per heavy atom. The largest absolute Gasteiger partial charge is 0.368 e. The molecule has 2 fully saturated rings. The smallest absolute Gasteiger partial charge is 0.251 e. The van der Waals surface area contributed by atoms with Gasteiger partial charge in [-0.1, -0.05) is 11.6 Å². The van der Waals surface area contributed by atoms with Gasteiger partial charge in [0.15, 0.2) is 9.84 Å². The van der Waals surface area contributed by atoms with E-state index in [4.69, 9.17) is 16.3 Å². The molecule has 0 aliphatic carbocycles. The Kier molecular flexibility index (Phi) is 5.83. The maximum Gasteiger partial charge on any atom is 0.251 e. The van der Waals surface area contributed by atoms with Crippen molar-refractivity contribution >= 4 is 37.4 Å². The van der Waals surface area contributed by atoms with Crippen LogP contribution < -0.4 is 0 Å². The lowest BCUT2D eigenvalue weighted by molar-refractivity contribution is -0.142. The van der Waals surface area contributed by atoms with Gasteiger partial charge in [0, 0.05) is 39.0 Å². The summed E-state index contributed by atoms with van der Waals surface area (Å²) in [5.41, 5.74) is 0. The standard InChI is InChI=1S/C16H21ClN2O6S2/c1-26(21,22)12-4-5-13(17)15(11-12)27(23,24)19-8-6-18(7-9-19)16(20)14-3-2-10-25-14/h4-5,11,14H,2-3,6-10H2,1H3. The van der Waals surface area contributed by atoms with E-state index in [9.17, 15) is 21.6 Å². The minimum Gasteiger partial charge on any atom is -0.368 e. The lowest BCUT2D eigenvalue weighted by Gasteiger charge is -2.35. The molecule has 0 aromatic heterocycles. The summed E-state index contributed by atoms with van der Waals surface area (Å²) in [7, 11) is -7.55. The second kappa shape index (κ2) is 7.67. The first-order valence-corrected chi connectivity index (χ1v) is 12.2. The van der Waals surface area contributed by atoms with Crippen molar-refractivity contribution in [2.24, 2.45) is 0 Å². The molecular formula is C16H21ClN2O6S2. The highest BCUT2D eigenvalue weighted by molar-refractivity contribution is 7.91. The van der Waals surface area contributed by atoms with E-state index in [1.54, 1.807) is 4.90 Å². The third-order valence-electron chi connectivity index (χ3n) is 4.70. The molecule has 11 heteroatoms. The normalized spacial score (nSPS) is 22.1. The molecule has 1 unspecified atom stereocenters. The second-order valence-electron chi connectivity index (χ2n) is 6.60. The number of carbonyl (C=O) groups excluding carboxylic acids is 1. The summed E-state index contributed by atoms with van der Waals surface area (Å²) in [5.74, 6) is -0.110. The number of piperazine rings is 1. The molecule has 1 amide bonds. The van der Waals surface area contributed by atoms with Crippen LogP contribution in [0.5, 0.6) is 0 Å². The fourth-order valence-electron chi connectivity index (χ4n) is 3.18. The van der Waals surface area contributed by atoms with Crippen LogP contribution in [0, 0.1) is 0 Å². The predicted octanol–water partition coefficient (Wildman–Crippen LogP) is 0.755. The highest BCUT2D eigenvalue weighted by Gasteiger charge is 2.35. The van der Waals surface area contributed by atoms with E-state index in [-0.39, 0.29) is 46.9 Å². The number of hydrogen-bond donors (Lipinski definition) is 0. The third-order valence-corrected chi connectivity index (χ3v) is 8.19. The average molecular weight is 437 g/mol. The summed E-state index contributed by atoms with van der Waals surface area (Å²) in [6.07, 6.45) is 2.10. The Hall–Kier alpha value is -1.20. The van der Waals surface area contributed by atoms with E-state index in [1.165, 1.54) is 16.4 Å². The van der Waals surface area contributed by atoms with Crippen LogP contribution in [0.3, 0.4) is 0 Å². The van der Waals surface area contributed by atoms with Crippen molar-refractivity contribution in [1.29, 1.82) is 0 Å². The third kappa shape index (κ3) is 4.29. The molecule has 0 bridgehead atoms. The van der Waals surface area contributed by atoms with Gasteiger partial charge in [-0.05, 0) is 31.0 Å². The van der Waals surface area contributed by atoms with Crippen LogP contribution in [0.4, 0.5) is 0 Å². The van der Waals surface area contributed by atoms with E-state index in [0.717, 1.165) is 18.7 Å². The van der Waals surface area contributed by atoms with Crippen molar-refractivity contribution in [3.8, 4) is 0 Å². The summed E-state index contributed by atoms with van der Waals surface area (Å²) in [4.78, 5) is 13.6. The second-order valence-corrected chi connectivity index (χ2v) is 10.9. The maximum absolute atomic E-state index is 12.9. The minimum atomic E-state index is -3.98. The topological polar surface area (TPSA) is 101 Å². The fraction of sp³-hybridized carbons (Fsp3) is 0.562. The van der Waals surface area contributed by atoms with Gasteiger partial charge in [0.2, 0.25) is 10.0 Å². The van der Waals surface area contributed by atoms with E-state index in [0.29, 0.717) is 13.0 Å². The zero-order chi connectivity index (χ0) is 19.8. The molecule has 0 spiro atoms. The van der Waals surface area contributed by atoms with Crippen LogP contribution in [0.15, 0.2) is 28.0 Å². The molecule has 0 radical (unpaired) electrons. The molecule has 3 rings (SSSR count). The minimum absolute atomic E-state index is 0.0414. The molecule has 2 saturated heterocycles. The van der Waals surface area contributed by atoms with Gasteiger partial charge < -0.3 is 9.64 Å². The van der Waals surface area contributed by atoms with E-state index >= 15 is 0 Å². The predicted molar refractivity (Wildman–Crippen MR) is 98.9 cm³/mol. The Balaban J connectivity index is 1.76. The highest BCUT2D eigenvalue weighted by Crippen LogP contribution is 2.28.